The van der Waals surface area contributed by atoms with Crippen LogP contribution in [0.2, 0.25) is 0 Å². The highest BCUT2D eigenvalue weighted by atomic mass is 16.5. The van der Waals surface area contributed by atoms with Crippen LogP contribution in [0.15, 0.2) is 90.1 Å². The third-order valence-electron chi connectivity index (χ3n) is 7.52. The Bertz CT molecular complexity index is 1360. The van der Waals surface area contributed by atoms with Gasteiger partial charge in [-0.15, -0.1) is 0 Å². The van der Waals surface area contributed by atoms with Crippen LogP contribution < -0.4 is 11.1 Å². The fraction of sp³-hybridized carbons (Fsp3) is 0.281. The molecule has 3 N–H and O–H groups in total. The predicted molar refractivity (Wildman–Crippen MR) is 154 cm³/mol. The van der Waals surface area contributed by atoms with Crippen LogP contribution >= 0.6 is 0 Å². The molecule has 2 heterocycles. The Morgan fingerprint density at radius 2 is 1.64 bits per heavy atom. The first-order valence-electron chi connectivity index (χ1n) is 13.4. The van der Waals surface area contributed by atoms with Crippen LogP contribution in [-0.2, 0) is 22.5 Å². The van der Waals surface area contributed by atoms with E-state index in [-0.39, 0.29) is 11.9 Å². The van der Waals surface area contributed by atoms with Crippen LogP contribution in [0.3, 0.4) is 0 Å². The number of rotatable bonds is 8. The van der Waals surface area contributed by atoms with Crippen LogP contribution in [0.25, 0.3) is 16.7 Å². The van der Waals surface area contributed by atoms with Crippen LogP contribution in [0.1, 0.15) is 36.0 Å². The summed E-state index contributed by atoms with van der Waals surface area (Å²) in [6.07, 6.45) is 4.13. The van der Waals surface area contributed by atoms with Crippen molar-refractivity contribution >= 4 is 23.3 Å². The minimum Gasteiger partial charge on any atom is -0.453 e. The van der Waals surface area contributed by atoms with E-state index in [0.29, 0.717) is 25.9 Å². The topological polar surface area (TPSA) is 97.0 Å². The van der Waals surface area contributed by atoms with Crippen molar-refractivity contribution < 1.29 is 14.3 Å². The molecule has 2 atom stereocenters. The van der Waals surface area contributed by atoms with Gasteiger partial charge in [-0.1, -0.05) is 78.9 Å². The van der Waals surface area contributed by atoms with Crippen molar-refractivity contribution in [3.05, 3.63) is 102 Å². The molecule has 2 amide bonds. The van der Waals surface area contributed by atoms with Gasteiger partial charge in [-0.25, -0.2) is 4.79 Å². The van der Waals surface area contributed by atoms with Crippen molar-refractivity contribution in [2.24, 2.45) is 10.7 Å². The monoisotopic (exact) mass is 522 g/mol. The smallest absolute Gasteiger partial charge is 0.407 e. The lowest BCUT2D eigenvalue weighted by molar-refractivity contribution is -0.133. The molecule has 0 spiro atoms. The van der Waals surface area contributed by atoms with Crippen molar-refractivity contribution in [2.45, 2.75) is 44.3 Å². The number of nitrogens with two attached hydrogens (primary N) is 1. The van der Waals surface area contributed by atoms with Gasteiger partial charge in [-0.2, -0.15) is 0 Å². The molecule has 5 rings (SSSR count). The molecule has 1 saturated heterocycles. The molecule has 2 aliphatic rings. The first kappa shape index (κ1) is 26.4. The van der Waals surface area contributed by atoms with E-state index in [1.165, 1.54) is 18.2 Å². The minimum atomic E-state index is -0.734. The first-order valence-corrected chi connectivity index (χ1v) is 13.4. The van der Waals surface area contributed by atoms with Gasteiger partial charge in [0.15, 0.2) is 0 Å². The predicted octanol–water partition coefficient (Wildman–Crippen LogP) is 4.96. The second kappa shape index (κ2) is 12.1. The van der Waals surface area contributed by atoms with Gasteiger partial charge >= 0.3 is 6.09 Å². The van der Waals surface area contributed by atoms with Crippen molar-refractivity contribution in [1.29, 1.82) is 0 Å². The number of carbonyl (C=O) groups excluding carboxylic acids is 2. The largest absolute Gasteiger partial charge is 0.453 e. The number of hydrogen-bond donors (Lipinski definition) is 2. The lowest BCUT2D eigenvalue weighted by atomic mass is 9.96. The number of ether oxygens (including phenoxy) is 1. The summed E-state index contributed by atoms with van der Waals surface area (Å²) in [4.78, 5) is 32.6. The fourth-order valence-corrected chi connectivity index (χ4v) is 5.36. The Morgan fingerprint density at radius 3 is 2.33 bits per heavy atom. The highest BCUT2D eigenvalue weighted by Gasteiger charge is 2.37. The summed E-state index contributed by atoms with van der Waals surface area (Å²) >= 11 is 0. The molecule has 0 aromatic heterocycles. The van der Waals surface area contributed by atoms with E-state index >= 15 is 0 Å². The van der Waals surface area contributed by atoms with E-state index in [0.717, 1.165) is 40.8 Å². The van der Waals surface area contributed by atoms with E-state index < -0.39 is 12.1 Å². The molecule has 3 aromatic rings. The summed E-state index contributed by atoms with van der Waals surface area (Å²) in [7, 11) is 1.30. The van der Waals surface area contributed by atoms with Gasteiger partial charge in [0.1, 0.15) is 6.04 Å². The summed E-state index contributed by atoms with van der Waals surface area (Å²) in [5.74, 6) is -0.117. The number of benzene rings is 3. The van der Waals surface area contributed by atoms with E-state index in [9.17, 15) is 9.59 Å². The average Bonchev–Trinajstić information content (AvgIpc) is 3.68. The van der Waals surface area contributed by atoms with Gasteiger partial charge in [0, 0.05) is 37.8 Å². The molecule has 0 radical (unpaired) electrons. The van der Waals surface area contributed by atoms with Crippen molar-refractivity contribution in [3.63, 3.8) is 0 Å². The van der Waals surface area contributed by atoms with Gasteiger partial charge in [-0.05, 0) is 46.2 Å². The molecule has 1 fully saturated rings. The fourth-order valence-electron chi connectivity index (χ4n) is 5.36. The van der Waals surface area contributed by atoms with Gasteiger partial charge in [0.25, 0.3) is 0 Å². The Hall–Kier alpha value is -4.23. The standard InChI is InChI=1S/C32H34N4O3/c1-39-32(38)35-29(18-22-9-11-23(20-33)12-10-22)31(37)36-17-5-8-30(36)28-19-27(21-34-28)26-15-13-25(14-16-26)24-6-3-2-4-7-24/h2-4,6-7,9-16,21,29-30H,5,8,17-20,33H2,1H3,(H,35,38)/t29-,30-/m0/s1. The number of nitrogens with zero attached hydrogens (tertiary/aromatic N) is 2. The summed E-state index contributed by atoms with van der Waals surface area (Å²) in [5, 5.41) is 2.75. The molecular formula is C32H34N4O3. The van der Waals surface area contributed by atoms with Crippen molar-refractivity contribution in [3.8, 4) is 11.1 Å². The Labute approximate surface area is 229 Å². The number of carbonyl (C=O) groups is 2. The Morgan fingerprint density at radius 1 is 0.974 bits per heavy atom. The zero-order chi connectivity index (χ0) is 27.2. The summed E-state index contributed by atoms with van der Waals surface area (Å²) in [6.45, 7) is 1.09. The number of likely N-dealkylation sites (tertiary alicyclic amines) is 1. The molecule has 2 aliphatic heterocycles. The van der Waals surface area contributed by atoms with Gasteiger partial charge in [0.2, 0.25) is 5.91 Å². The van der Waals surface area contributed by atoms with Crippen LogP contribution in [-0.4, -0.2) is 48.4 Å². The van der Waals surface area contributed by atoms with Crippen LogP contribution in [0.4, 0.5) is 4.79 Å². The molecule has 200 valence electrons. The van der Waals surface area contributed by atoms with Gasteiger partial charge < -0.3 is 20.7 Å². The highest BCUT2D eigenvalue weighted by molar-refractivity contribution is 6.03. The highest BCUT2D eigenvalue weighted by Crippen LogP contribution is 2.31. The summed E-state index contributed by atoms with van der Waals surface area (Å²) in [6, 6.07) is 25.8. The van der Waals surface area contributed by atoms with Crippen molar-refractivity contribution in [2.75, 3.05) is 13.7 Å². The molecule has 7 nitrogen and oxygen atoms in total. The zero-order valence-corrected chi connectivity index (χ0v) is 22.2. The quantitative estimate of drug-likeness (QED) is 0.437. The molecule has 0 saturated carbocycles. The number of amides is 2. The summed E-state index contributed by atoms with van der Waals surface area (Å²) < 4.78 is 4.82. The first-order chi connectivity index (χ1) is 19.1. The molecule has 39 heavy (non-hydrogen) atoms. The number of methoxy groups -OCH3 is 1. The van der Waals surface area contributed by atoms with Gasteiger partial charge in [0.05, 0.1) is 13.2 Å². The molecule has 0 aliphatic carbocycles. The van der Waals surface area contributed by atoms with Gasteiger partial charge in [-0.3, -0.25) is 9.79 Å². The summed E-state index contributed by atoms with van der Waals surface area (Å²) in [5.41, 5.74) is 13.3. The average molecular weight is 523 g/mol. The number of alkyl carbamates (subject to hydrolysis) is 1. The molecule has 0 unspecified atom stereocenters. The number of allylic oxidation sites excluding steroid dienone is 1. The Kier molecular flexibility index (Phi) is 8.18. The number of aliphatic imine (C=N–C) groups is 1. The minimum absolute atomic E-state index is 0.0867. The SMILES string of the molecule is COC(=O)N[C@@H](Cc1ccc(CN)cc1)C(=O)N1CCC[C@H]1C1=NC=C(c2ccc(-c3ccccc3)cc2)C1. The zero-order valence-electron chi connectivity index (χ0n) is 22.2. The Balaban J connectivity index is 1.27. The van der Waals surface area contributed by atoms with Crippen LogP contribution in [0, 0.1) is 0 Å². The molecule has 7 heteroatoms. The normalized spacial score (nSPS) is 17.4. The third-order valence-corrected chi connectivity index (χ3v) is 7.52. The maximum Gasteiger partial charge on any atom is 0.407 e. The van der Waals surface area contributed by atoms with Crippen LogP contribution in [0.5, 0.6) is 0 Å². The number of nitrogens with one attached hydrogen (secondary N) is 1. The lowest BCUT2D eigenvalue weighted by Gasteiger charge is -2.29. The second-order valence-electron chi connectivity index (χ2n) is 10.00. The molecule has 0 bridgehead atoms. The van der Waals surface area contributed by atoms with E-state index in [1.54, 1.807) is 0 Å². The van der Waals surface area contributed by atoms with Crippen molar-refractivity contribution in [1.82, 2.24) is 10.2 Å². The molecular weight excluding hydrogens is 488 g/mol. The van der Waals surface area contributed by atoms with E-state index in [4.69, 9.17) is 15.5 Å². The lowest BCUT2D eigenvalue weighted by Crippen LogP contribution is -2.52. The third kappa shape index (κ3) is 6.10. The molecule has 3 aromatic carbocycles. The van der Waals surface area contributed by atoms with E-state index in [1.807, 2.05) is 53.6 Å². The maximum absolute atomic E-state index is 13.8. The number of hydrogen-bond acceptors (Lipinski definition) is 5. The second-order valence-corrected chi connectivity index (χ2v) is 10.00. The van der Waals surface area contributed by atoms with E-state index in [2.05, 4.69) is 41.7 Å². The maximum atomic E-state index is 13.8.